The third kappa shape index (κ3) is 11.9. The van der Waals surface area contributed by atoms with Crippen LogP contribution in [0.1, 0.15) is 51.4 Å². The van der Waals surface area contributed by atoms with E-state index >= 15 is 0 Å². The van der Waals surface area contributed by atoms with Crippen molar-refractivity contribution in [2.45, 2.75) is 51.4 Å². The topological polar surface area (TPSA) is 91.6 Å². The van der Waals surface area contributed by atoms with Crippen LogP contribution in [0.3, 0.4) is 0 Å². The van der Waals surface area contributed by atoms with Crippen LogP contribution >= 0.6 is 0 Å². The molecule has 0 aromatic heterocycles. The molecular weight excluding hydrogens is 430 g/mol. The maximum absolute atomic E-state index is 11.8. The van der Waals surface area contributed by atoms with Crippen LogP contribution in [0.2, 0.25) is 0 Å². The van der Waals surface area contributed by atoms with Crippen LogP contribution in [-0.2, 0) is 9.59 Å². The molecule has 2 aromatic rings. The molecule has 7 heteroatoms. The van der Waals surface area contributed by atoms with Gasteiger partial charge in [0.15, 0.2) is 0 Å². The number of likely N-dealkylation sites (N-methyl/N-ethyl adjacent to an activating group) is 1. The molecule has 0 saturated carbocycles. The summed E-state index contributed by atoms with van der Waals surface area (Å²) in [5.41, 5.74) is 1.61. The molecule has 0 aliphatic carbocycles. The molecule has 0 saturated heterocycles. The lowest BCUT2D eigenvalue weighted by molar-refractivity contribution is -0.143. The van der Waals surface area contributed by atoms with E-state index in [9.17, 15) is 9.59 Å². The molecule has 0 spiro atoms. The third-order valence-corrected chi connectivity index (χ3v) is 5.15. The second-order valence-corrected chi connectivity index (χ2v) is 8.09. The fourth-order valence-electron chi connectivity index (χ4n) is 3.25. The Morgan fingerprint density at radius 1 is 0.853 bits per heavy atom. The van der Waals surface area contributed by atoms with Crippen molar-refractivity contribution >= 4 is 23.3 Å². The van der Waals surface area contributed by atoms with Crippen LogP contribution in [0.4, 0.5) is 11.4 Å². The highest BCUT2D eigenvalue weighted by molar-refractivity contribution is 5.80. The van der Waals surface area contributed by atoms with Gasteiger partial charge >= 0.3 is 5.97 Å². The standard InChI is InChI=1S/C27H35N3O4/c1-30(22-27(32)33)26(31)16-12-7-5-3-2-4-6-8-13-21-34-25-19-17-24(18-20-25)29-28-23-14-10-9-11-15-23/h6,8-11,14-15,17-20H,2-5,7,12-13,16,21-22H2,1H3,(H,32,33)/b8-6-,29-28?. The van der Waals surface area contributed by atoms with E-state index in [0.29, 0.717) is 13.0 Å². The van der Waals surface area contributed by atoms with Gasteiger partial charge in [-0.3, -0.25) is 9.59 Å². The lowest BCUT2D eigenvalue weighted by Gasteiger charge is -2.14. The van der Waals surface area contributed by atoms with Gasteiger partial charge < -0.3 is 14.7 Å². The zero-order valence-corrected chi connectivity index (χ0v) is 19.9. The zero-order chi connectivity index (χ0) is 24.4. The first-order valence-corrected chi connectivity index (χ1v) is 11.8. The number of amides is 1. The number of carboxylic acid groups (broad SMARTS) is 1. The number of carbonyl (C=O) groups is 2. The first kappa shape index (κ1) is 26.8. The van der Waals surface area contributed by atoms with Crippen molar-refractivity contribution in [3.63, 3.8) is 0 Å². The minimum atomic E-state index is -0.979. The fraction of sp³-hybridized carbons (Fsp3) is 0.407. The van der Waals surface area contributed by atoms with E-state index in [1.165, 1.54) is 11.9 Å². The number of azo groups is 1. The van der Waals surface area contributed by atoms with Gasteiger partial charge in [0.25, 0.3) is 0 Å². The van der Waals surface area contributed by atoms with Crippen LogP contribution < -0.4 is 4.74 Å². The van der Waals surface area contributed by atoms with E-state index in [4.69, 9.17) is 9.84 Å². The van der Waals surface area contributed by atoms with Crippen molar-refractivity contribution in [3.8, 4) is 5.75 Å². The summed E-state index contributed by atoms with van der Waals surface area (Å²) in [5.74, 6) is -0.260. The summed E-state index contributed by atoms with van der Waals surface area (Å²) in [4.78, 5) is 23.6. The minimum Gasteiger partial charge on any atom is -0.493 e. The fourth-order valence-corrected chi connectivity index (χ4v) is 3.25. The average molecular weight is 466 g/mol. The Hall–Kier alpha value is -3.48. The molecule has 0 aliphatic heterocycles. The van der Waals surface area contributed by atoms with Crippen molar-refractivity contribution in [1.82, 2.24) is 4.90 Å². The largest absolute Gasteiger partial charge is 0.493 e. The Balaban J connectivity index is 1.47. The predicted molar refractivity (Wildman–Crippen MR) is 134 cm³/mol. The Bertz CT molecular complexity index is 911. The number of aliphatic carboxylic acids is 1. The van der Waals surface area contributed by atoms with E-state index in [-0.39, 0.29) is 12.5 Å². The van der Waals surface area contributed by atoms with Crippen LogP contribution in [0.25, 0.3) is 0 Å². The highest BCUT2D eigenvalue weighted by Crippen LogP contribution is 2.21. The quantitative estimate of drug-likeness (QED) is 0.170. The molecular formula is C27H35N3O4. The van der Waals surface area contributed by atoms with E-state index in [0.717, 1.165) is 62.1 Å². The maximum Gasteiger partial charge on any atom is 0.323 e. The molecule has 0 unspecified atom stereocenters. The third-order valence-electron chi connectivity index (χ3n) is 5.15. The molecule has 2 rings (SSSR count). The van der Waals surface area contributed by atoms with Crippen LogP contribution in [-0.4, -0.2) is 42.1 Å². The minimum absolute atomic E-state index is 0.0999. The summed E-state index contributed by atoms with van der Waals surface area (Å²) in [6.07, 6.45) is 11.8. The highest BCUT2D eigenvalue weighted by atomic mass is 16.5. The molecule has 2 aromatic carbocycles. The van der Waals surface area contributed by atoms with Gasteiger partial charge in [0.05, 0.1) is 18.0 Å². The maximum atomic E-state index is 11.8. The SMILES string of the molecule is CN(CC(=O)O)C(=O)CCCCCCC/C=C\CCOc1ccc(N=Nc2ccccc2)cc1. The summed E-state index contributed by atoms with van der Waals surface area (Å²) in [6, 6.07) is 17.2. The first-order chi connectivity index (χ1) is 16.5. The van der Waals surface area contributed by atoms with Crippen molar-refractivity contribution in [3.05, 3.63) is 66.7 Å². The Morgan fingerprint density at radius 3 is 2.18 bits per heavy atom. The second-order valence-electron chi connectivity index (χ2n) is 8.09. The highest BCUT2D eigenvalue weighted by Gasteiger charge is 2.10. The molecule has 1 N–H and O–H groups in total. The van der Waals surface area contributed by atoms with Gasteiger partial charge in [0.2, 0.25) is 5.91 Å². The molecule has 0 radical (unpaired) electrons. The molecule has 0 aliphatic rings. The smallest absolute Gasteiger partial charge is 0.323 e. The van der Waals surface area contributed by atoms with Gasteiger partial charge in [-0.15, -0.1) is 0 Å². The number of carboxylic acids is 1. The molecule has 1 amide bonds. The van der Waals surface area contributed by atoms with Gasteiger partial charge in [0, 0.05) is 13.5 Å². The summed E-state index contributed by atoms with van der Waals surface area (Å²) in [6.45, 7) is 0.399. The molecule has 0 fully saturated rings. The van der Waals surface area contributed by atoms with Gasteiger partial charge in [0.1, 0.15) is 12.3 Å². The number of rotatable bonds is 16. The van der Waals surface area contributed by atoms with Crippen LogP contribution in [0, 0.1) is 0 Å². The van der Waals surface area contributed by atoms with E-state index in [1.807, 2.05) is 54.6 Å². The van der Waals surface area contributed by atoms with E-state index in [1.54, 1.807) is 0 Å². The van der Waals surface area contributed by atoms with Crippen LogP contribution in [0.5, 0.6) is 5.75 Å². The molecule has 0 heterocycles. The number of hydrogen-bond donors (Lipinski definition) is 1. The number of benzene rings is 2. The first-order valence-electron chi connectivity index (χ1n) is 11.8. The monoisotopic (exact) mass is 465 g/mol. The van der Waals surface area contributed by atoms with Crippen molar-refractivity contribution in [2.75, 3.05) is 20.2 Å². The number of unbranched alkanes of at least 4 members (excludes halogenated alkanes) is 5. The normalized spacial score (nSPS) is 11.2. The average Bonchev–Trinajstić information content (AvgIpc) is 2.84. The summed E-state index contributed by atoms with van der Waals surface area (Å²) in [7, 11) is 1.53. The van der Waals surface area contributed by atoms with Gasteiger partial charge in [-0.1, -0.05) is 49.6 Å². The molecule has 7 nitrogen and oxygen atoms in total. The zero-order valence-electron chi connectivity index (χ0n) is 19.9. The lowest BCUT2D eigenvalue weighted by Crippen LogP contribution is -2.31. The van der Waals surface area contributed by atoms with Gasteiger partial charge in [-0.25, -0.2) is 0 Å². The van der Waals surface area contributed by atoms with Gasteiger partial charge in [-0.05, 0) is 62.1 Å². The Labute approximate surface area is 202 Å². The van der Waals surface area contributed by atoms with Gasteiger partial charge in [-0.2, -0.15) is 10.2 Å². The van der Waals surface area contributed by atoms with Crippen molar-refractivity contribution in [2.24, 2.45) is 10.2 Å². The summed E-state index contributed by atoms with van der Waals surface area (Å²) in [5, 5.41) is 17.1. The molecule has 0 atom stereocenters. The number of carbonyl (C=O) groups excluding carboxylic acids is 1. The van der Waals surface area contributed by atoms with Crippen molar-refractivity contribution < 1.29 is 19.4 Å². The Morgan fingerprint density at radius 2 is 1.47 bits per heavy atom. The summed E-state index contributed by atoms with van der Waals surface area (Å²) >= 11 is 0. The second kappa shape index (κ2) is 16.2. The number of ether oxygens (including phenoxy) is 1. The van der Waals surface area contributed by atoms with E-state index < -0.39 is 5.97 Å². The number of hydrogen-bond acceptors (Lipinski definition) is 5. The Kier molecular flexibility index (Phi) is 12.7. The number of allylic oxidation sites excluding steroid dienone is 1. The van der Waals surface area contributed by atoms with Crippen LogP contribution in [0.15, 0.2) is 77.0 Å². The molecule has 0 bridgehead atoms. The summed E-state index contributed by atoms with van der Waals surface area (Å²) < 4.78 is 5.77. The predicted octanol–water partition coefficient (Wildman–Crippen LogP) is 6.70. The van der Waals surface area contributed by atoms with Crippen molar-refractivity contribution in [1.29, 1.82) is 0 Å². The number of nitrogens with zero attached hydrogens (tertiary/aromatic N) is 3. The molecule has 182 valence electrons. The molecule has 34 heavy (non-hydrogen) atoms. The lowest BCUT2D eigenvalue weighted by atomic mass is 10.1. The van der Waals surface area contributed by atoms with E-state index in [2.05, 4.69) is 22.4 Å².